The molecule has 0 aromatic carbocycles. The summed E-state index contributed by atoms with van der Waals surface area (Å²) in [5.41, 5.74) is 0. The summed E-state index contributed by atoms with van der Waals surface area (Å²) in [4.78, 5) is 22.1. The molecule has 1 fully saturated rings. The van der Waals surface area contributed by atoms with Gasteiger partial charge in [0.2, 0.25) is 0 Å². The maximum Gasteiger partial charge on any atom is 0.310 e. The van der Waals surface area contributed by atoms with E-state index in [4.69, 9.17) is 0 Å². The molecule has 1 saturated carbocycles. The first-order chi connectivity index (χ1) is 6.27. The van der Waals surface area contributed by atoms with Gasteiger partial charge in [0.05, 0.1) is 13.0 Å². The van der Waals surface area contributed by atoms with Crippen LogP contribution in [-0.4, -0.2) is 19.4 Å². The normalized spacial score (nSPS) is 40.7. The maximum atomic E-state index is 11.4. The van der Waals surface area contributed by atoms with Gasteiger partial charge in [0, 0.05) is 5.92 Å². The summed E-state index contributed by atoms with van der Waals surface area (Å²) >= 11 is 0. The third-order valence-corrected chi connectivity index (χ3v) is 3.15. The number of esters is 1. The average molecular weight is 180 g/mol. The monoisotopic (exact) mass is 180 g/mol. The molecule has 4 atom stereocenters. The molecule has 70 valence electrons. The van der Waals surface area contributed by atoms with Crippen LogP contribution in [0.25, 0.3) is 0 Å². The molecule has 2 rings (SSSR count). The van der Waals surface area contributed by atoms with Gasteiger partial charge in [0.1, 0.15) is 6.29 Å². The molecule has 0 unspecified atom stereocenters. The Hall–Kier alpha value is -1.12. The zero-order chi connectivity index (χ0) is 9.42. The Balaban J connectivity index is 2.23. The molecule has 0 heterocycles. The predicted molar refractivity (Wildman–Crippen MR) is 45.8 cm³/mol. The molecule has 0 aromatic rings. The third-order valence-electron chi connectivity index (χ3n) is 3.15. The lowest BCUT2D eigenvalue weighted by Crippen LogP contribution is -2.29. The van der Waals surface area contributed by atoms with Gasteiger partial charge in [-0.2, -0.15) is 0 Å². The van der Waals surface area contributed by atoms with Gasteiger partial charge in [-0.15, -0.1) is 0 Å². The summed E-state index contributed by atoms with van der Waals surface area (Å²) in [5, 5.41) is 0. The quantitative estimate of drug-likeness (QED) is 0.358. The van der Waals surface area contributed by atoms with E-state index in [-0.39, 0.29) is 29.6 Å². The topological polar surface area (TPSA) is 43.4 Å². The number of hydrogen-bond donors (Lipinski definition) is 0. The highest BCUT2D eigenvalue weighted by Crippen LogP contribution is 2.47. The molecule has 2 aliphatic carbocycles. The molecule has 3 nitrogen and oxygen atoms in total. The van der Waals surface area contributed by atoms with Crippen LogP contribution in [0.4, 0.5) is 0 Å². The van der Waals surface area contributed by atoms with E-state index in [1.54, 1.807) is 0 Å². The van der Waals surface area contributed by atoms with E-state index >= 15 is 0 Å². The first kappa shape index (κ1) is 8.48. The van der Waals surface area contributed by atoms with Crippen molar-refractivity contribution in [2.45, 2.75) is 6.42 Å². The van der Waals surface area contributed by atoms with Gasteiger partial charge >= 0.3 is 5.97 Å². The first-order valence-corrected chi connectivity index (χ1v) is 4.49. The Morgan fingerprint density at radius 2 is 2.15 bits per heavy atom. The van der Waals surface area contributed by atoms with E-state index in [0.29, 0.717) is 0 Å². The number of allylic oxidation sites excluding steroid dienone is 2. The smallest absolute Gasteiger partial charge is 0.310 e. The van der Waals surface area contributed by atoms with Crippen LogP contribution in [0.5, 0.6) is 0 Å². The number of carbonyl (C=O) groups is 2. The molecule has 2 aliphatic rings. The summed E-state index contributed by atoms with van der Waals surface area (Å²) in [6.07, 6.45) is 5.91. The molecule has 13 heavy (non-hydrogen) atoms. The van der Waals surface area contributed by atoms with Gasteiger partial charge in [-0.05, 0) is 18.3 Å². The Kier molecular flexibility index (Phi) is 1.94. The number of aldehydes is 1. The zero-order valence-corrected chi connectivity index (χ0v) is 7.47. The Bertz CT molecular complexity index is 269. The summed E-state index contributed by atoms with van der Waals surface area (Å²) in [6.45, 7) is 0. The molecule has 0 amide bonds. The van der Waals surface area contributed by atoms with E-state index in [1.165, 1.54) is 7.11 Å². The van der Waals surface area contributed by atoms with Crippen LogP contribution in [0.15, 0.2) is 12.2 Å². The van der Waals surface area contributed by atoms with Crippen LogP contribution in [-0.2, 0) is 14.3 Å². The Labute approximate surface area is 76.8 Å². The molecule has 0 aliphatic heterocycles. The average Bonchev–Trinajstić information content (AvgIpc) is 2.74. The van der Waals surface area contributed by atoms with Crippen LogP contribution in [0.1, 0.15) is 6.42 Å². The summed E-state index contributed by atoms with van der Waals surface area (Å²) in [6, 6.07) is 0. The lowest BCUT2D eigenvalue weighted by atomic mass is 9.84. The highest BCUT2D eigenvalue weighted by Gasteiger charge is 2.48. The van der Waals surface area contributed by atoms with Gasteiger partial charge < -0.3 is 9.53 Å². The van der Waals surface area contributed by atoms with Crippen molar-refractivity contribution in [1.82, 2.24) is 0 Å². The van der Waals surface area contributed by atoms with Crippen molar-refractivity contribution in [3.63, 3.8) is 0 Å². The summed E-state index contributed by atoms with van der Waals surface area (Å²) in [7, 11) is 1.37. The second kappa shape index (κ2) is 2.98. The fraction of sp³-hybridized carbons (Fsp3) is 0.600. The van der Waals surface area contributed by atoms with Crippen molar-refractivity contribution in [2.75, 3.05) is 7.11 Å². The van der Waals surface area contributed by atoms with Gasteiger partial charge in [-0.3, -0.25) is 4.79 Å². The van der Waals surface area contributed by atoms with Gasteiger partial charge in [-0.25, -0.2) is 0 Å². The number of hydrogen-bond acceptors (Lipinski definition) is 3. The standard InChI is InChI=1S/C10H12O3/c1-13-10(12)9-7-3-2-6(4-7)8(9)5-11/h2-3,5-9H,4H2,1H3/t6-,7+,8-,9+/m0/s1. The van der Waals surface area contributed by atoms with Crippen molar-refractivity contribution in [3.05, 3.63) is 12.2 Å². The van der Waals surface area contributed by atoms with Crippen LogP contribution in [0.2, 0.25) is 0 Å². The number of ether oxygens (including phenoxy) is 1. The molecule has 0 spiro atoms. The van der Waals surface area contributed by atoms with Crippen molar-refractivity contribution in [2.24, 2.45) is 23.7 Å². The molecule has 0 saturated heterocycles. The predicted octanol–water partition coefficient (Wildman–Crippen LogP) is 0.797. The molecule has 0 N–H and O–H groups in total. The van der Waals surface area contributed by atoms with Crippen molar-refractivity contribution >= 4 is 12.3 Å². The number of carbonyl (C=O) groups excluding carboxylic acids is 2. The van der Waals surface area contributed by atoms with Crippen LogP contribution in [0, 0.1) is 23.7 Å². The second-order valence-corrected chi connectivity index (χ2v) is 3.71. The SMILES string of the molecule is COC(=O)[C@H]1[C@@H](C=O)[C@H]2C=C[C@@H]1C2. The van der Waals surface area contributed by atoms with Gasteiger partial charge in [0.15, 0.2) is 0 Å². The fourth-order valence-corrected chi connectivity index (χ4v) is 2.51. The Morgan fingerprint density at radius 3 is 2.77 bits per heavy atom. The number of fused-ring (bicyclic) bond motifs is 2. The van der Waals surface area contributed by atoms with Crippen molar-refractivity contribution < 1.29 is 14.3 Å². The van der Waals surface area contributed by atoms with E-state index < -0.39 is 0 Å². The summed E-state index contributed by atoms with van der Waals surface area (Å²) < 4.78 is 4.69. The van der Waals surface area contributed by atoms with Crippen LogP contribution in [0.3, 0.4) is 0 Å². The molecule has 2 bridgehead atoms. The molecular formula is C10H12O3. The van der Waals surface area contributed by atoms with E-state index in [2.05, 4.69) is 4.74 Å². The molecular weight excluding hydrogens is 168 g/mol. The third kappa shape index (κ3) is 1.10. The molecule has 0 aromatic heterocycles. The van der Waals surface area contributed by atoms with Gasteiger partial charge in [-0.1, -0.05) is 12.2 Å². The number of methoxy groups -OCH3 is 1. The fourth-order valence-electron chi connectivity index (χ4n) is 2.51. The van der Waals surface area contributed by atoms with Gasteiger partial charge in [0.25, 0.3) is 0 Å². The minimum Gasteiger partial charge on any atom is -0.469 e. The molecule has 3 heteroatoms. The van der Waals surface area contributed by atoms with E-state index in [0.717, 1.165) is 12.7 Å². The molecule has 0 radical (unpaired) electrons. The lowest BCUT2D eigenvalue weighted by molar-refractivity contribution is -0.149. The minimum absolute atomic E-state index is 0.151. The van der Waals surface area contributed by atoms with Crippen LogP contribution >= 0.6 is 0 Å². The van der Waals surface area contributed by atoms with Crippen molar-refractivity contribution in [3.8, 4) is 0 Å². The number of rotatable bonds is 2. The highest BCUT2D eigenvalue weighted by atomic mass is 16.5. The minimum atomic E-state index is -0.242. The van der Waals surface area contributed by atoms with E-state index in [1.807, 2.05) is 12.2 Å². The summed E-state index contributed by atoms with van der Waals surface area (Å²) in [5.74, 6) is -0.117. The largest absolute Gasteiger partial charge is 0.469 e. The van der Waals surface area contributed by atoms with Crippen molar-refractivity contribution in [1.29, 1.82) is 0 Å². The highest BCUT2D eigenvalue weighted by molar-refractivity contribution is 5.79. The zero-order valence-electron chi connectivity index (χ0n) is 7.47. The Morgan fingerprint density at radius 1 is 1.46 bits per heavy atom. The lowest BCUT2D eigenvalue weighted by Gasteiger charge is -2.20. The first-order valence-electron chi connectivity index (χ1n) is 4.49. The second-order valence-electron chi connectivity index (χ2n) is 3.71. The maximum absolute atomic E-state index is 11.4. The van der Waals surface area contributed by atoms with E-state index in [9.17, 15) is 9.59 Å². The van der Waals surface area contributed by atoms with Crippen LogP contribution < -0.4 is 0 Å².